The van der Waals surface area contributed by atoms with Crippen molar-refractivity contribution in [2.75, 3.05) is 0 Å². The van der Waals surface area contributed by atoms with E-state index in [4.69, 9.17) is 0 Å². The van der Waals surface area contributed by atoms with Crippen molar-refractivity contribution in [3.8, 4) is 0 Å². The minimum absolute atomic E-state index is 0.172. The zero-order valence-corrected chi connectivity index (χ0v) is 17.4. The summed E-state index contributed by atoms with van der Waals surface area (Å²) in [6.45, 7) is 9.75. The molecule has 134 valence electrons. The van der Waals surface area contributed by atoms with Gasteiger partial charge in [0.25, 0.3) is 0 Å². The molecule has 1 heteroatoms. The summed E-state index contributed by atoms with van der Waals surface area (Å²) < 4.78 is 0. The predicted octanol–water partition coefficient (Wildman–Crippen LogP) is 4.98. The molecule has 1 unspecified atom stereocenters. The lowest BCUT2D eigenvalue weighted by Crippen LogP contribution is -2.73. The second-order valence-electron chi connectivity index (χ2n) is 7.88. The van der Waals surface area contributed by atoms with E-state index in [1.807, 2.05) is 0 Å². The van der Waals surface area contributed by atoms with Crippen LogP contribution in [0.25, 0.3) is 0 Å². The Morgan fingerprint density at radius 1 is 0.654 bits per heavy atom. The minimum Gasteiger partial charge on any atom is -0.0651 e. The monoisotopic (exact) mass is 358 g/mol. The molecular weight excluding hydrogens is 328 g/mol. The number of hydrogen-bond donors (Lipinski definition) is 0. The summed E-state index contributed by atoms with van der Waals surface area (Å²) in [4.78, 5) is 0. The molecule has 3 rings (SSSR count). The highest BCUT2D eigenvalue weighted by molar-refractivity contribution is 7.13. The highest BCUT2D eigenvalue weighted by atomic mass is 28.3. The zero-order valence-electron chi connectivity index (χ0n) is 16.4. The summed E-state index contributed by atoms with van der Waals surface area (Å²) >= 11 is 0. The number of hydrogen-bond acceptors (Lipinski definition) is 0. The van der Waals surface area contributed by atoms with Crippen molar-refractivity contribution < 1.29 is 0 Å². The summed E-state index contributed by atoms with van der Waals surface area (Å²) in [5.41, 5.74) is 0. The molecule has 0 aromatic heterocycles. The van der Waals surface area contributed by atoms with Crippen molar-refractivity contribution in [3.63, 3.8) is 0 Å². The first-order valence-corrected chi connectivity index (χ1v) is 11.7. The van der Waals surface area contributed by atoms with E-state index in [2.05, 4.69) is 119 Å². The molecule has 0 heterocycles. The molecule has 0 aliphatic heterocycles. The summed E-state index contributed by atoms with van der Waals surface area (Å²) in [5, 5.41) is 4.68. The largest absolute Gasteiger partial charge is 0.153 e. The minimum atomic E-state index is -2.24. The molecule has 0 spiro atoms. The highest BCUT2D eigenvalue weighted by Crippen LogP contribution is 2.45. The third kappa shape index (κ3) is 2.95. The summed E-state index contributed by atoms with van der Waals surface area (Å²) in [6.07, 6.45) is 1.19. The Hall–Kier alpha value is -2.12. The van der Waals surface area contributed by atoms with Crippen LogP contribution in [0.1, 0.15) is 34.1 Å². The Labute approximate surface area is 159 Å². The third-order valence-corrected chi connectivity index (χ3v) is 12.5. The smallest absolute Gasteiger partial charge is 0.0651 e. The average molecular weight is 359 g/mol. The maximum Gasteiger partial charge on any atom is 0.153 e. The Balaban J connectivity index is 2.44. The molecule has 0 aliphatic carbocycles. The first-order chi connectivity index (χ1) is 12.5. The molecule has 3 aromatic carbocycles. The molecule has 26 heavy (non-hydrogen) atoms. The maximum absolute atomic E-state index is 2.50. The molecular formula is C25H30Si. The first kappa shape index (κ1) is 18.7. The molecule has 0 saturated heterocycles. The van der Waals surface area contributed by atoms with Crippen LogP contribution in [0, 0.1) is 5.92 Å². The van der Waals surface area contributed by atoms with Gasteiger partial charge in [-0.2, -0.15) is 0 Å². The molecule has 0 saturated carbocycles. The van der Waals surface area contributed by atoms with Crippen molar-refractivity contribution in [2.45, 2.75) is 39.2 Å². The van der Waals surface area contributed by atoms with Crippen LogP contribution in [-0.2, 0) is 0 Å². The molecule has 0 amide bonds. The van der Waals surface area contributed by atoms with Gasteiger partial charge in [-0.1, -0.05) is 125 Å². The fourth-order valence-electron chi connectivity index (χ4n) is 4.56. The van der Waals surface area contributed by atoms with Gasteiger partial charge in [0.15, 0.2) is 8.07 Å². The van der Waals surface area contributed by atoms with Crippen LogP contribution in [0.5, 0.6) is 0 Å². The van der Waals surface area contributed by atoms with Gasteiger partial charge in [-0.15, -0.1) is 0 Å². The Kier molecular flexibility index (Phi) is 5.48. The second kappa shape index (κ2) is 7.63. The van der Waals surface area contributed by atoms with Crippen LogP contribution in [0.2, 0.25) is 5.04 Å². The normalized spacial score (nSPS) is 13.4. The van der Waals surface area contributed by atoms with E-state index in [9.17, 15) is 0 Å². The quantitative estimate of drug-likeness (QED) is 0.430. The van der Waals surface area contributed by atoms with Gasteiger partial charge in [-0.25, -0.2) is 0 Å². The van der Waals surface area contributed by atoms with Crippen molar-refractivity contribution in [1.29, 1.82) is 0 Å². The van der Waals surface area contributed by atoms with Crippen molar-refractivity contribution in [1.82, 2.24) is 0 Å². The first-order valence-electron chi connectivity index (χ1n) is 9.71. The lowest BCUT2D eigenvalue weighted by molar-refractivity contribution is 0.417. The van der Waals surface area contributed by atoms with Crippen LogP contribution in [-0.4, -0.2) is 8.07 Å². The predicted molar refractivity (Wildman–Crippen MR) is 117 cm³/mol. The van der Waals surface area contributed by atoms with Crippen LogP contribution in [0.4, 0.5) is 0 Å². The van der Waals surface area contributed by atoms with E-state index in [1.54, 1.807) is 0 Å². The fraction of sp³-hybridized carbons (Fsp3) is 0.280. The zero-order chi connectivity index (χ0) is 18.6. The molecule has 0 nitrogen and oxygen atoms in total. The Morgan fingerprint density at radius 2 is 0.962 bits per heavy atom. The molecule has 0 bridgehead atoms. The molecule has 0 N–H and O–H groups in total. The summed E-state index contributed by atoms with van der Waals surface area (Å²) in [5.74, 6) is 0.620. The average Bonchev–Trinajstić information content (AvgIpc) is 2.70. The maximum atomic E-state index is 2.50. The molecule has 0 radical (unpaired) electrons. The second-order valence-corrected chi connectivity index (χ2v) is 12.4. The van der Waals surface area contributed by atoms with E-state index in [-0.39, 0.29) is 5.04 Å². The van der Waals surface area contributed by atoms with E-state index in [0.717, 1.165) is 0 Å². The number of benzene rings is 3. The lowest BCUT2D eigenvalue weighted by Gasteiger charge is -2.50. The van der Waals surface area contributed by atoms with Crippen LogP contribution in [0.3, 0.4) is 0 Å². The molecule has 1 atom stereocenters. The highest BCUT2D eigenvalue weighted by Gasteiger charge is 2.53. The summed E-state index contributed by atoms with van der Waals surface area (Å²) in [7, 11) is -2.24. The molecule has 0 fully saturated rings. The lowest BCUT2D eigenvalue weighted by atomic mass is 9.94. The van der Waals surface area contributed by atoms with Crippen LogP contribution < -0.4 is 15.6 Å². The third-order valence-electron chi connectivity index (χ3n) is 6.43. The van der Waals surface area contributed by atoms with Gasteiger partial charge < -0.3 is 0 Å². The van der Waals surface area contributed by atoms with Crippen LogP contribution in [0.15, 0.2) is 91.0 Å². The Morgan fingerprint density at radius 3 is 1.23 bits per heavy atom. The van der Waals surface area contributed by atoms with Crippen LogP contribution >= 0.6 is 0 Å². The van der Waals surface area contributed by atoms with E-state index in [1.165, 1.54) is 22.0 Å². The summed E-state index contributed by atoms with van der Waals surface area (Å²) in [6, 6.07) is 33.8. The van der Waals surface area contributed by atoms with Gasteiger partial charge in [0.05, 0.1) is 0 Å². The van der Waals surface area contributed by atoms with Gasteiger partial charge in [-0.05, 0) is 26.5 Å². The van der Waals surface area contributed by atoms with Gasteiger partial charge in [0.1, 0.15) is 0 Å². The standard InChI is InChI=1S/C25H30Si/c1-5-21(2)25(3,4)26(22-15-9-6-10-16-22,23-17-11-7-12-18-23)24-19-13-8-14-20-24/h6-21H,5H2,1-4H3. The van der Waals surface area contributed by atoms with E-state index in [0.29, 0.717) is 5.92 Å². The fourth-order valence-corrected chi connectivity index (χ4v) is 10.8. The van der Waals surface area contributed by atoms with Gasteiger partial charge >= 0.3 is 0 Å². The number of rotatable bonds is 6. The molecule has 3 aromatic rings. The SMILES string of the molecule is CCC(C)C(C)(C)[Si](c1ccccc1)(c1ccccc1)c1ccccc1. The topological polar surface area (TPSA) is 0 Å². The van der Waals surface area contributed by atoms with Crippen molar-refractivity contribution in [2.24, 2.45) is 5.92 Å². The van der Waals surface area contributed by atoms with Crippen molar-refractivity contribution >= 4 is 23.6 Å². The van der Waals surface area contributed by atoms with E-state index >= 15 is 0 Å². The van der Waals surface area contributed by atoms with Gasteiger partial charge in [0.2, 0.25) is 0 Å². The van der Waals surface area contributed by atoms with Gasteiger partial charge in [0, 0.05) is 0 Å². The molecule has 0 aliphatic rings. The van der Waals surface area contributed by atoms with E-state index < -0.39 is 8.07 Å². The van der Waals surface area contributed by atoms with Crippen molar-refractivity contribution in [3.05, 3.63) is 91.0 Å². The van der Waals surface area contributed by atoms with Gasteiger partial charge in [-0.3, -0.25) is 0 Å². The Bertz CT molecular complexity index is 710.